The molecule has 0 aliphatic carbocycles. The molecule has 0 unspecified atom stereocenters. The number of phenols is 1. The van der Waals surface area contributed by atoms with E-state index in [0.717, 1.165) is 27.5 Å². The molecule has 7 heteroatoms. The number of benzene rings is 2. The van der Waals surface area contributed by atoms with Gasteiger partial charge in [-0.15, -0.1) is 0 Å². The van der Waals surface area contributed by atoms with Crippen molar-refractivity contribution in [1.82, 2.24) is 9.88 Å². The van der Waals surface area contributed by atoms with Crippen LogP contribution in [0, 0.1) is 13.8 Å². The van der Waals surface area contributed by atoms with Crippen LogP contribution in [0.1, 0.15) is 17.0 Å². The van der Waals surface area contributed by atoms with Gasteiger partial charge in [-0.2, -0.15) is 0 Å². The summed E-state index contributed by atoms with van der Waals surface area (Å²) >= 11 is 5.99. The van der Waals surface area contributed by atoms with Gasteiger partial charge in [0.05, 0.1) is 5.69 Å². The third-order valence-corrected chi connectivity index (χ3v) is 5.06. The Morgan fingerprint density at radius 3 is 2.41 bits per heavy atom. The maximum absolute atomic E-state index is 12.8. The Morgan fingerprint density at radius 1 is 1.00 bits per heavy atom. The first-order valence-corrected chi connectivity index (χ1v) is 9.34. The zero-order chi connectivity index (χ0) is 20.7. The maximum Gasteiger partial charge on any atom is 0.333 e. The molecule has 29 heavy (non-hydrogen) atoms. The predicted molar refractivity (Wildman–Crippen MR) is 112 cm³/mol. The average Bonchev–Trinajstić information content (AvgIpc) is 3.11. The number of rotatable bonds is 3. The Bertz CT molecular complexity index is 1160. The minimum absolute atomic E-state index is 0.193. The highest BCUT2D eigenvalue weighted by molar-refractivity contribution is 6.32. The Labute approximate surface area is 172 Å². The molecule has 1 aromatic heterocycles. The molecule has 1 saturated heterocycles. The lowest BCUT2D eigenvalue weighted by Crippen LogP contribution is -2.30. The van der Waals surface area contributed by atoms with Crippen molar-refractivity contribution in [2.24, 2.45) is 0 Å². The number of halogens is 1. The van der Waals surface area contributed by atoms with E-state index in [1.54, 1.807) is 42.5 Å². The summed E-state index contributed by atoms with van der Waals surface area (Å²) in [6.45, 7) is 3.89. The molecule has 6 nitrogen and oxygen atoms in total. The van der Waals surface area contributed by atoms with Crippen molar-refractivity contribution in [2.75, 3.05) is 4.90 Å². The first-order valence-electron chi connectivity index (χ1n) is 8.96. The van der Waals surface area contributed by atoms with Crippen LogP contribution in [0.25, 0.3) is 11.8 Å². The summed E-state index contributed by atoms with van der Waals surface area (Å²) in [5, 5.41) is 12.6. The van der Waals surface area contributed by atoms with Crippen LogP contribution in [-0.4, -0.2) is 21.6 Å². The lowest BCUT2D eigenvalue weighted by Gasteiger charge is -2.11. The lowest BCUT2D eigenvalue weighted by molar-refractivity contribution is -0.113. The summed E-state index contributed by atoms with van der Waals surface area (Å²) in [7, 11) is 0. The number of aromatic nitrogens is 1. The van der Waals surface area contributed by atoms with Crippen LogP contribution in [-0.2, 0) is 4.79 Å². The van der Waals surface area contributed by atoms with Crippen molar-refractivity contribution in [3.63, 3.8) is 0 Å². The minimum Gasteiger partial charge on any atom is -0.508 e. The van der Waals surface area contributed by atoms with Crippen LogP contribution in [0.3, 0.4) is 0 Å². The van der Waals surface area contributed by atoms with E-state index in [0.29, 0.717) is 10.7 Å². The smallest absolute Gasteiger partial charge is 0.333 e. The molecule has 0 spiro atoms. The van der Waals surface area contributed by atoms with Crippen LogP contribution >= 0.6 is 11.6 Å². The van der Waals surface area contributed by atoms with Gasteiger partial charge in [0, 0.05) is 22.1 Å². The van der Waals surface area contributed by atoms with Crippen molar-refractivity contribution in [2.45, 2.75) is 13.8 Å². The number of carbonyl (C=O) groups is 2. The van der Waals surface area contributed by atoms with Gasteiger partial charge < -0.3 is 15.0 Å². The van der Waals surface area contributed by atoms with E-state index in [9.17, 15) is 14.7 Å². The van der Waals surface area contributed by atoms with Crippen LogP contribution in [0.15, 0.2) is 60.3 Å². The lowest BCUT2D eigenvalue weighted by atomic mass is 10.2. The Morgan fingerprint density at radius 2 is 1.72 bits per heavy atom. The fraction of sp³-hybridized carbons (Fsp3) is 0.0909. The molecular weight excluding hydrogens is 390 g/mol. The summed E-state index contributed by atoms with van der Waals surface area (Å²) in [6.07, 6.45) is 1.67. The fourth-order valence-corrected chi connectivity index (χ4v) is 3.66. The molecule has 2 aromatic carbocycles. The molecule has 4 rings (SSSR count). The number of imide groups is 1. The van der Waals surface area contributed by atoms with Gasteiger partial charge in [-0.25, -0.2) is 9.69 Å². The van der Waals surface area contributed by atoms with E-state index in [-0.39, 0.29) is 11.4 Å². The summed E-state index contributed by atoms with van der Waals surface area (Å²) < 4.78 is 2.02. The fourth-order valence-electron chi connectivity index (χ4n) is 3.47. The average molecular weight is 408 g/mol. The largest absolute Gasteiger partial charge is 0.508 e. The second kappa shape index (κ2) is 7.14. The summed E-state index contributed by atoms with van der Waals surface area (Å²) in [5.74, 6) is -0.245. The van der Waals surface area contributed by atoms with Crippen molar-refractivity contribution < 1.29 is 14.7 Å². The standard InChI is InChI=1S/C22H18ClN3O3/c1-13-10-15(14(2)25(13)17-6-8-19(27)9-7-17)11-20-21(28)26(22(29)24-20)18-5-3-4-16(23)12-18/h3-12,27H,1-2H3,(H,24,29)/b20-11+. The Hall–Kier alpha value is -3.51. The quantitative estimate of drug-likeness (QED) is 0.494. The van der Waals surface area contributed by atoms with Crippen molar-refractivity contribution in [3.8, 4) is 11.4 Å². The van der Waals surface area contributed by atoms with Crippen LogP contribution in [0.4, 0.5) is 10.5 Å². The van der Waals surface area contributed by atoms with Gasteiger partial charge in [-0.1, -0.05) is 17.7 Å². The molecule has 2 N–H and O–H groups in total. The Kier molecular flexibility index (Phi) is 4.64. The number of nitrogens with zero attached hydrogens (tertiary/aromatic N) is 2. The minimum atomic E-state index is -0.518. The molecule has 146 valence electrons. The molecule has 3 amide bonds. The van der Waals surface area contributed by atoms with Crippen molar-refractivity contribution in [3.05, 3.63) is 82.3 Å². The summed E-state index contributed by atoms with van der Waals surface area (Å²) in [4.78, 5) is 26.3. The Balaban J connectivity index is 1.70. The summed E-state index contributed by atoms with van der Waals surface area (Å²) in [5.41, 5.74) is 4.18. The maximum atomic E-state index is 12.8. The van der Waals surface area contributed by atoms with Crippen LogP contribution < -0.4 is 10.2 Å². The SMILES string of the molecule is Cc1cc(/C=C2/NC(=O)N(c3cccc(Cl)c3)C2=O)c(C)n1-c1ccc(O)cc1. The third-order valence-electron chi connectivity index (χ3n) is 4.82. The van der Waals surface area contributed by atoms with Gasteiger partial charge >= 0.3 is 6.03 Å². The van der Waals surface area contributed by atoms with Crippen LogP contribution in [0.2, 0.25) is 5.02 Å². The monoisotopic (exact) mass is 407 g/mol. The highest BCUT2D eigenvalue weighted by atomic mass is 35.5. The predicted octanol–water partition coefficient (Wildman–Crippen LogP) is 4.55. The molecule has 0 atom stereocenters. The molecule has 2 heterocycles. The molecule has 1 aliphatic heterocycles. The van der Waals surface area contributed by atoms with Crippen LogP contribution in [0.5, 0.6) is 5.75 Å². The molecule has 1 fully saturated rings. The number of hydrogen-bond acceptors (Lipinski definition) is 3. The molecule has 1 aliphatic rings. The van der Waals surface area contributed by atoms with Crippen molar-refractivity contribution >= 4 is 35.3 Å². The van der Waals surface area contributed by atoms with Crippen molar-refractivity contribution in [1.29, 1.82) is 0 Å². The number of aromatic hydroxyl groups is 1. The van der Waals surface area contributed by atoms with E-state index in [1.807, 2.05) is 36.6 Å². The first-order chi connectivity index (χ1) is 13.8. The third kappa shape index (κ3) is 3.39. The van der Waals surface area contributed by atoms with Gasteiger partial charge in [-0.05, 0) is 74.0 Å². The number of amides is 3. The van der Waals surface area contributed by atoms with Gasteiger partial charge in [0.2, 0.25) is 0 Å². The van der Waals surface area contributed by atoms with E-state index >= 15 is 0 Å². The van der Waals surface area contributed by atoms with Gasteiger partial charge in [0.15, 0.2) is 0 Å². The molecule has 0 bridgehead atoms. The molecular formula is C22H18ClN3O3. The summed E-state index contributed by atoms with van der Waals surface area (Å²) in [6, 6.07) is 14.9. The highest BCUT2D eigenvalue weighted by Crippen LogP contribution is 2.27. The molecule has 0 saturated carbocycles. The topological polar surface area (TPSA) is 74.6 Å². The van der Waals surface area contributed by atoms with E-state index < -0.39 is 11.9 Å². The zero-order valence-electron chi connectivity index (χ0n) is 15.8. The number of nitrogens with one attached hydrogen (secondary N) is 1. The van der Waals surface area contributed by atoms with Gasteiger partial charge in [-0.3, -0.25) is 4.79 Å². The molecule has 0 radical (unpaired) electrons. The van der Waals surface area contributed by atoms with E-state index in [2.05, 4.69) is 5.32 Å². The van der Waals surface area contributed by atoms with E-state index in [4.69, 9.17) is 11.6 Å². The number of carbonyl (C=O) groups excluding carboxylic acids is 2. The second-order valence-electron chi connectivity index (χ2n) is 6.79. The number of urea groups is 1. The molecule has 3 aromatic rings. The first kappa shape index (κ1) is 18.8. The number of aryl methyl sites for hydroxylation is 1. The van der Waals surface area contributed by atoms with Gasteiger partial charge in [0.1, 0.15) is 11.4 Å². The number of anilines is 1. The van der Waals surface area contributed by atoms with Gasteiger partial charge in [0.25, 0.3) is 5.91 Å². The zero-order valence-corrected chi connectivity index (χ0v) is 16.6. The number of hydrogen-bond donors (Lipinski definition) is 2. The number of phenolic OH excluding ortho intramolecular Hbond substituents is 1. The normalized spacial score (nSPS) is 15.3. The van der Waals surface area contributed by atoms with E-state index in [1.165, 1.54) is 0 Å². The highest BCUT2D eigenvalue weighted by Gasteiger charge is 2.35. The second-order valence-corrected chi connectivity index (χ2v) is 7.22.